The van der Waals surface area contributed by atoms with Crippen LogP contribution in [0.2, 0.25) is 0 Å². The number of ether oxygens (including phenoxy) is 1. The molecule has 1 amide bonds. The number of carbonyl (C=O) groups excluding carboxylic acids is 1. The van der Waals surface area contributed by atoms with Crippen LogP contribution >= 0.6 is 0 Å². The zero-order chi connectivity index (χ0) is 26.2. The molecule has 37 heavy (non-hydrogen) atoms. The minimum absolute atomic E-state index is 0.0346. The summed E-state index contributed by atoms with van der Waals surface area (Å²) in [6.07, 6.45) is 4.89. The topological polar surface area (TPSA) is 61.8 Å². The molecule has 2 N–H and O–H groups in total. The fourth-order valence-corrected chi connectivity index (χ4v) is 5.63. The van der Waals surface area contributed by atoms with Crippen molar-refractivity contribution in [3.05, 3.63) is 95.8 Å². The molecular weight excluding hydrogens is 467 g/mol. The van der Waals surface area contributed by atoms with Gasteiger partial charge in [-0.05, 0) is 100.0 Å². The Bertz CT molecular complexity index is 1150. The molecule has 0 spiro atoms. The van der Waals surface area contributed by atoms with E-state index >= 15 is 0 Å². The van der Waals surface area contributed by atoms with Gasteiger partial charge >= 0.3 is 0 Å². The van der Waals surface area contributed by atoms with Gasteiger partial charge < -0.3 is 20.1 Å². The molecule has 0 bridgehead atoms. The quantitative estimate of drug-likeness (QED) is 0.345. The molecule has 6 heteroatoms. The zero-order valence-electron chi connectivity index (χ0n) is 21.6. The summed E-state index contributed by atoms with van der Waals surface area (Å²) in [6.45, 7) is 0.353. The summed E-state index contributed by atoms with van der Waals surface area (Å²) in [5.74, 6) is 1.17. The maximum atomic E-state index is 13.9. The largest absolute Gasteiger partial charge is 0.507 e. The number of nitrogens with zero attached hydrogens (tertiary/aromatic N) is 1. The van der Waals surface area contributed by atoms with Crippen LogP contribution in [0, 0.1) is 17.7 Å². The van der Waals surface area contributed by atoms with E-state index in [1.165, 1.54) is 12.1 Å². The third-order valence-electron chi connectivity index (χ3n) is 7.37. The second-order valence-corrected chi connectivity index (χ2v) is 10.3. The molecule has 1 aliphatic carbocycles. The van der Waals surface area contributed by atoms with Gasteiger partial charge in [-0.15, -0.1) is 0 Å². The number of hydrogen-bond donors (Lipinski definition) is 2. The highest BCUT2D eigenvalue weighted by Gasteiger charge is 2.31. The molecule has 0 aromatic heterocycles. The van der Waals surface area contributed by atoms with Crippen molar-refractivity contribution in [2.75, 3.05) is 20.6 Å². The lowest BCUT2D eigenvalue weighted by Gasteiger charge is -2.38. The summed E-state index contributed by atoms with van der Waals surface area (Å²) in [5.41, 5.74) is 1.29. The lowest BCUT2D eigenvalue weighted by atomic mass is 9.75. The standard InChI is InChI=1S/C31H37FN2O3/c1-34(2)30(24-9-8-10-25(32)20-24)23-17-15-22(16-18-23)19-27(37-26-11-4-3-5-12-26)21-33-31(36)28-13-6-7-14-29(28)35/h3-14,20,22-23,27,30,35H,15-19,21H2,1-2H3,(H,33,36). The Kier molecular flexibility index (Phi) is 9.18. The highest BCUT2D eigenvalue weighted by Crippen LogP contribution is 2.41. The molecule has 2 atom stereocenters. The average molecular weight is 505 g/mol. The van der Waals surface area contributed by atoms with E-state index in [9.17, 15) is 14.3 Å². The van der Waals surface area contributed by atoms with Crippen LogP contribution in [-0.2, 0) is 0 Å². The first kappa shape index (κ1) is 26.7. The van der Waals surface area contributed by atoms with E-state index in [0.717, 1.165) is 43.4 Å². The van der Waals surface area contributed by atoms with Crippen molar-refractivity contribution in [2.45, 2.75) is 44.2 Å². The smallest absolute Gasteiger partial charge is 0.255 e. The third kappa shape index (κ3) is 7.32. The molecule has 0 aliphatic heterocycles. The maximum absolute atomic E-state index is 13.9. The molecule has 1 aliphatic rings. The summed E-state index contributed by atoms with van der Waals surface area (Å²) in [5, 5.41) is 13.0. The number of nitrogens with one attached hydrogen (secondary N) is 1. The second-order valence-electron chi connectivity index (χ2n) is 10.3. The highest BCUT2D eigenvalue weighted by molar-refractivity contribution is 5.96. The van der Waals surface area contributed by atoms with Crippen LogP contribution in [0.25, 0.3) is 0 Å². The van der Waals surface area contributed by atoms with E-state index in [4.69, 9.17) is 4.74 Å². The highest BCUT2D eigenvalue weighted by atomic mass is 19.1. The van der Waals surface area contributed by atoms with Crippen molar-refractivity contribution in [3.63, 3.8) is 0 Å². The van der Waals surface area contributed by atoms with Crippen molar-refractivity contribution in [1.82, 2.24) is 10.2 Å². The van der Waals surface area contributed by atoms with Crippen LogP contribution in [0.3, 0.4) is 0 Å². The molecule has 3 aromatic carbocycles. The van der Waals surface area contributed by atoms with Crippen LogP contribution in [0.5, 0.6) is 11.5 Å². The van der Waals surface area contributed by atoms with Gasteiger partial charge in [-0.2, -0.15) is 0 Å². The number of amides is 1. The predicted molar refractivity (Wildman–Crippen MR) is 144 cm³/mol. The van der Waals surface area contributed by atoms with Crippen molar-refractivity contribution in [2.24, 2.45) is 11.8 Å². The fraction of sp³-hybridized carbons (Fsp3) is 0.387. The number of phenols is 1. The lowest BCUT2D eigenvalue weighted by molar-refractivity contribution is 0.0887. The van der Waals surface area contributed by atoms with Crippen molar-refractivity contribution in [1.29, 1.82) is 0 Å². The SMILES string of the molecule is CN(C)C(c1cccc(F)c1)C1CCC(CC(CNC(=O)c2ccccc2O)Oc2ccccc2)CC1. The molecule has 4 rings (SSSR count). The van der Waals surface area contributed by atoms with E-state index in [1.54, 1.807) is 30.3 Å². The second kappa shape index (κ2) is 12.7. The van der Waals surface area contributed by atoms with Gasteiger partial charge in [0, 0.05) is 6.04 Å². The fourth-order valence-electron chi connectivity index (χ4n) is 5.63. The monoisotopic (exact) mass is 504 g/mol. The van der Waals surface area contributed by atoms with Gasteiger partial charge in [0.1, 0.15) is 23.4 Å². The predicted octanol–water partition coefficient (Wildman–Crippen LogP) is 6.21. The maximum Gasteiger partial charge on any atom is 0.255 e. The van der Waals surface area contributed by atoms with Crippen LogP contribution in [0.15, 0.2) is 78.9 Å². The molecule has 1 saturated carbocycles. The van der Waals surface area contributed by atoms with Crippen LogP contribution in [0.4, 0.5) is 4.39 Å². The summed E-state index contributed by atoms with van der Waals surface area (Å²) in [7, 11) is 4.14. The van der Waals surface area contributed by atoms with Gasteiger partial charge in [0.15, 0.2) is 0 Å². The molecule has 0 radical (unpaired) electrons. The van der Waals surface area contributed by atoms with Gasteiger partial charge in [0.25, 0.3) is 5.91 Å². The zero-order valence-corrected chi connectivity index (χ0v) is 21.6. The molecule has 0 heterocycles. The number of hydrogen-bond acceptors (Lipinski definition) is 4. The molecule has 3 aromatic rings. The summed E-state index contributed by atoms with van der Waals surface area (Å²) >= 11 is 0. The summed E-state index contributed by atoms with van der Waals surface area (Å²) in [4.78, 5) is 14.9. The minimum atomic E-state index is -0.313. The molecule has 196 valence electrons. The minimum Gasteiger partial charge on any atom is -0.507 e. The van der Waals surface area contributed by atoms with E-state index in [0.29, 0.717) is 18.4 Å². The number of halogens is 1. The Hall–Kier alpha value is -3.38. The molecule has 1 fully saturated rings. The first-order valence-corrected chi connectivity index (χ1v) is 13.1. The summed E-state index contributed by atoms with van der Waals surface area (Å²) < 4.78 is 20.2. The van der Waals surface area contributed by atoms with E-state index in [2.05, 4.69) is 24.3 Å². The number of para-hydroxylation sites is 2. The van der Waals surface area contributed by atoms with E-state index < -0.39 is 0 Å². The molecule has 2 unspecified atom stereocenters. The Morgan fingerprint density at radius 1 is 1.00 bits per heavy atom. The normalized spacial score (nSPS) is 19.2. The Morgan fingerprint density at radius 3 is 2.38 bits per heavy atom. The van der Waals surface area contributed by atoms with Crippen molar-refractivity contribution in [3.8, 4) is 11.5 Å². The Balaban J connectivity index is 1.38. The van der Waals surface area contributed by atoms with Gasteiger partial charge in [0.2, 0.25) is 0 Å². The number of benzene rings is 3. The Morgan fingerprint density at radius 2 is 1.70 bits per heavy atom. The average Bonchev–Trinajstić information content (AvgIpc) is 2.89. The number of aromatic hydroxyl groups is 1. The van der Waals surface area contributed by atoms with E-state index in [1.807, 2.05) is 36.4 Å². The van der Waals surface area contributed by atoms with Crippen LogP contribution in [0.1, 0.15) is 54.1 Å². The van der Waals surface area contributed by atoms with E-state index in [-0.39, 0.29) is 35.2 Å². The lowest BCUT2D eigenvalue weighted by Crippen LogP contribution is -2.37. The van der Waals surface area contributed by atoms with Gasteiger partial charge in [-0.3, -0.25) is 4.79 Å². The first-order valence-electron chi connectivity index (χ1n) is 13.1. The third-order valence-corrected chi connectivity index (χ3v) is 7.37. The number of rotatable bonds is 10. The van der Waals surface area contributed by atoms with Crippen LogP contribution in [-0.4, -0.2) is 42.7 Å². The van der Waals surface area contributed by atoms with Gasteiger partial charge in [-0.1, -0.05) is 42.5 Å². The van der Waals surface area contributed by atoms with Gasteiger partial charge in [0.05, 0.1) is 12.1 Å². The Labute approximate surface area is 219 Å². The van der Waals surface area contributed by atoms with Crippen molar-refractivity contribution < 1.29 is 19.0 Å². The van der Waals surface area contributed by atoms with Gasteiger partial charge in [-0.25, -0.2) is 4.39 Å². The van der Waals surface area contributed by atoms with Crippen molar-refractivity contribution >= 4 is 5.91 Å². The number of carbonyl (C=O) groups is 1. The molecular formula is C31H37FN2O3. The van der Waals surface area contributed by atoms with Crippen LogP contribution < -0.4 is 10.1 Å². The number of phenolic OH excluding ortho intramolecular Hbond substituents is 1. The molecule has 0 saturated heterocycles. The molecule has 5 nitrogen and oxygen atoms in total. The first-order chi connectivity index (χ1) is 17.9. The summed E-state index contributed by atoms with van der Waals surface area (Å²) in [6, 6.07) is 23.4.